The minimum atomic E-state index is -0.589. The molecule has 2 rings (SSSR count). The monoisotopic (exact) mass is 435 g/mol. The summed E-state index contributed by atoms with van der Waals surface area (Å²) < 4.78 is 16.4. The van der Waals surface area contributed by atoms with Gasteiger partial charge in [0.2, 0.25) is 0 Å². The van der Waals surface area contributed by atoms with Crippen LogP contribution in [0.4, 0.5) is 0 Å². The minimum Gasteiger partial charge on any atom is -0.496 e. The molecule has 0 radical (unpaired) electrons. The topological polar surface area (TPSA) is 112 Å². The number of primary amides is 1. The highest BCUT2D eigenvalue weighted by molar-refractivity contribution is 9.10. The number of nitrogens with two attached hydrogens (primary N) is 1. The SMILES string of the molecule is COc1cc(C=NNC(=O)c2cc(Br)ccc2OC)ccc1OCC(N)=O. The molecular formula is C18H18BrN3O5. The number of hydrogen-bond acceptors (Lipinski definition) is 6. The quantitative estimate of drug-likeness (QED) is 0.486. The van der Waals surface area contributed by atoms with E-state index >= 15 is 0 Å². The summed E-state index contributed by atoms with van der Waals surface area (Å²) in [5.74, 6) is 0.200. The van der Waals surface area contributed by atoms with Gasteiger partial charge in [0.1, 0.15) is 5.75 Å². The van der Waals surface area contributed by atoms with E-state index in [2.05, 4.69) is 26.5 Å². The molecular weight excluding hydrogens is 418 g/mol. The Kier molecular flexibility index (Phi) is 7.18. The molecule has 0 aliphatic carbocycles. The standard InChI is InChI=1S/C18H18BrN3O5/c1-25-14-6-4-12(19)8-13(14)18(24)22-21-9-11-3-5-15(16(7-11)26-2)27-10-17(20)23/h3-9H,10H2,1-2H3,(H2,20,23)(H,22,24). The summed E-state index contributed by atoms with van der Waals surface area (Å²) in [5.41, 5.74) is 8.49. The molecule has 0 spiro atoms. The van der Waals surface area contributed by atoms with Crippen LogP contribution in [0.15, 0.2) is 46.0 Å². The molecule has 0 bridgehead atoms. The maximum Gasteiger partial charge on any atom is 0.275 e. The highest BCUT2D eigenvalue weighted by atomic mass is 79.9. The highest BCUT2D eigenvalue weighted by Crippen LogP contribution is 2.27. The van der Waals surface area contributed by atoms with Crippen LogP contribution >= 0.6 is 15.9 Å². The average Bonchev–Trinajstić information content (AvgIpc) is 2.66. The zero-order valence-corrected chi connectivity index (χ0v) is 16.3. The Labute approximate surface area is 164 Å². The number of nitrogens with one attached hydrogen (secondary N) is 1. The van der Waals surface area contributed by atoms with E-state index in [9.17, 15) is 9.59 Å². The van der Waals surface area contributed by atoms with Crippen LogP contribution in [0, 0.1) is 0 Å². The molecule has 2 aromatic rings. The van der Waals surface area contributed by atoms with Crippen LogP contribution < -0.4 is 25.4 Å². The summed E-state index contributed by atoms with van der Waals surface area (Å²) in [5, 5.41) is 3.94. The van der Waals surface area contributed by atoms with Crippen LogP contribution in [0.25, 0.3) is 0 Å². The molecule has 27 heavy (non-hydrogen) atoms. The van der Waals surface area contributed by atoms with Crippen molar-refractivity contribution in [3.8, 4) is 17.2 Å². The van der Waals surface area contributed by atoms with Crippen LogP contribution in [-0.4, -0.2) is 38.9 Å². The fourth-order valence-electron chi connectivity index (χ4n) is 2.12. The number of carbonyl (C=O) groups excluding carboxylic acids is 2. The second-order valence-corrected chi connectivity index (χ2v) is 6.12. The fraction of sp³-hybridized carbons (Fsp3) is 0.167. The Bertz CT molecular complexity index is 870. The molecule has 2 aromatic carbocycles. The summed E-state index contributed by atoms with van der Waals surface area (Å²) in [7, 11) is 2.95. The maximum atomic E-state index is 12.3. The molecule has 0 saturated carbocycles. The lowest BCUT2D eigenvalue weighted by Gasteiger charge is -2.10. The number of nitrogens with zero attached hydrogens (tertiary/aromatic N) is 1. The van der Waals surface area contributed by atoms with Gasteiger partial charge >= 0.3 is 0 Å². The number of carbonyl (C=O) groups is 2. The van der Waals surface area contributed by atoms with E-state index in [0.29, 0.717) is 28.4 Å². The number of hydrogen-bond donors (Lipinski definition) is 2. The van der Waals surface area contributed by atoms with Gasteiger partial charge in [0.25, 0.3) is 11.8 Å². The van der Waals surface area contributed by atoms with E-state index in [1.807, 2.05) is 0 Å². The second-order valence-electron chi connectivity index (χ2n) is 5.21. The van der Waals surface area contributed by atoms with Gasteiger partial charge in [0, 0.05) is 4.47 Å². The van der Waals surface area contributed by atoms with Gasteiger partial charge in [-0.3, -0.25) is 9.59 Å². The molecule has 0 heterocycles. The first-order chi connectivity index (χ1) is 12.9. The molecule has 0 saturated heterocycles. The first-order valence-electron chi connectivity index (χ1n) is 7.70. The predicted octanol–water partition coefficient (Wildman–Crippen LogP) is 2.09. The Morgan fingerprint density at radius 3 is 2.48 bits per heavy atom. The number of ether oxygens (including phenoxy) is 3. The average molecular weight is 436 g/mol. The molecule has 142 valence electrons. The number of methoxy groups -OCH3 is 2. The summed E-state index contributed by atoms with van der Waals surface area (Å²) in [6.07, 6.45) is 1.45. The third-order valence-corrected chi connectivity index (χ3v) is 3.84. The van der Waals surface area contributed by atoms with Crippen molar-refractivity contribution < 1.29 is 23.8 Å². The van der Waals surface area contributed by atoms with Crippen molar-refractivity contribution in [1.29, 1.82) is 0 Å². The van der Waals surface area contributed by atoms with E-state index in [1.54, 1.807) is 36.4 Å². The van der Waals surface area contributed by atoms with E-state index in [-0.39, 0.29) is 6.61 Å². The third kappa shape index (κ3) is 5.71. The number of hydrazone groups is 1. The van der Waals surface area contributed by atoms with Crippen molar-refractivity contribution in [2.24, 2.45) is 10.8 Å². The summed E-state index contributed by atoms with van der Waals surface area (Å²) in [6, 6.07) is 10.0. The molecule has 2 amide bonds. The predicted molar refractivity (Wildman–Crippen MR) is 103 cm³/mol. The summed E-state index contributed by atoms with van der Waals surface area (Å²) in [6.45, 7) is -0.256. The smallest absolute Gasteiger partial charge is 0.275 e. The summed E-state index contributed by atoms with van der Waals surface area (Å²) in [4.78, 5) is 23.1. The number of rotatable bonds is 8. The van der Waals surface area contributed by atoms with Gasteiger partial charge in [0.05, 0.1) is 26.0 Å². The molecule has 0 aromatic heterocycles. The van der Waals surface area contributed by atoms with Gasteiger partial charge in [-0.15, -0.1) is 0 Å². The van der Waals surface area contributed by atoms with E-state index in [1.165, 1.54) is 20.4 Å². The van der Waals surface area contributed by atoms with E-state index < -0.39 is 11.8 Å². The van der Waals surface area contributed by atoms with Crippen LogP contribution in [-0.2, 0) is 4.79 Å². The van der Waals surface area contributed by atoms with Crippen LogP contribution in [0.3, 0.4) is 0 Å². The molecule has 0 unspecified atom stereocenters. The van der Waals surface area contributed by atoms with Gasteiger partial charge in [0.15, 0.2) is 18.1 Å². The fourth-order valence-corrected chi connectivity index (χ4v) is 2.48. The van der Waals surface area contributed by atoms with Crippen molar-refractivity contribution in [1.82, 2.24) is 5.43 Å². The van der Waals surface area contributed by atoms with E-state index in [0.717, 1.165) is 4.47 Å². The van der Waals surface area contributed by atoms with Gasteiger partial charge < -0.3 is 19.9 Å². The third-order valence-electron chi connectivity index (χ3n) is 3.34. The normalized spacial score (nSPS) is 10.5. The maximum absolute atomic E-state index is 12.3. The van der Waals surface area contributed by atoms with Crippen molar-refractivity contribution in [2.75, 3.05) is 20.8 Å². The first kappa shape index (κ1) is 20.2. The molecule has 9 heteroatoms. The second kappa shape index (κ2) is 9.58. The van der Waals surface area contributed by atoms with E-state index in [4.69, 9.17) is 19.9 Å². The van der Waals surface area contributed by atoms with Crippen LogP contribution in [0.5, 0.6) is 17.2 Å². The Morgan fingerprint density at radius 1 is 1.11 bits per heavy atom. The molecule has 8 nitrogen and oxygen atoms in total. The van der Waals surface area contributed by atoms with Gasteiger partial charge in [-0.1, -0.05) is 15.9 Å². The Balaban J connectivity index is 2.08. The first-order valence-corrected chi connectivity index (χ1v) is 8.50. The largest absolute Gasteiger partial charge is 0.496 e. The van der Waals surface area contributed by atoms with Gasteiger partial charge in [-0.25, -0.2) is 5.43 Å². The Morgan fingerprint density at radius 2 is 1.81 bits per heavy atom. The Hall–Kier alpha value is -3.07. The van der Waals surface area contributed by atoms with Crippen molar-refractivity contribution >= 4 is 34.0 Å². The number of halogens is 1. The lowest BCUT2D eigenvalue weighted by Crippen LogP contribution is -2.20. The lowest BCUT2D eigenvalue weighted by atomic mass is 10.2. The highest BCUT2D eigenvalue weighted by Gasteiger charge is 2.12. The molecule has 3 N–H and O–H groups in total. The number of benzene rings is 2. The zero-order chi connectivity index (χ0) is 19.8. The minimum absolute atomic E-state index is 0.256. The van der Waals surface area contributed by atoms with Crippen LogP contribution in [0.1, 0.15) is 15.9 Å². The summed E-state index contributed by atoms with van der Waals surface area (Å²) >= 11 is 3.31. The van der Waals surface area contributed by atoms with Crippen molar-refractivity contribution in [3.05, 3.63) is 52.0 Å². The molecule has 0 atom stereocenters. The van der Waals surface area contributed by atoms with Crippen molar-refractivity contribution in [3.63, 3.8) is 0 Å². The van der Waals surface area contributed by atoms with Gasteiger partial charge in [-0.05, 0) is 42.0 Å². The molecule has 0 aliphatic rings. The van der Waals surface area contributed by atoms with Crippen molar-refractivity contribution in [2.45, 2.75) is 0 Å². The molecule has 0 fully saturated rings. The zero-order valence-electron chi connectivity index (χ0n) is 14.7. The molecule has 0 aliphatic heterocycles. The van der Waals surface area contributed by atoms with Crippen LogP contribution in [0.2, 0.25) is 0 Å². The van der Waals surface area contributed by atoms with Gasteiger partial charge in [-0.2, -0.15) is 5.10 Å². The lowest BCUT2D eigenvalue weighted by molar-refractivity contribution is -0.119. The number of amides is 2.